The molecule has 0 bridgehead atoms. The van der Waals surface area contributed by atoms with Crippen molar-refractivity contribution in [3.8, 4) is 0 Å². The van der Waals surface area contributed by atoms with Gasteiger partial charge in [-0.05, 0) is 54.3 Å². The van der Waals surface area contributed by atoms with E-state index in [-0.39, 0.29) is 30.1 Å². The van der Waals surface area contributed by atoms with Crippen LogP contribution >= 0.6 is 0 Å². The molecular formula is C23H25N3O3. The molecule has 150 valence electrons. The van der Waals surface area contributed by atoms with Crippen molar-refractivity contribution < 1.29 is 14.4 Å². The van der Waals surface area contributed by atoms with Crippen LogP contribution in [0.25, 0.3) is 0 Å². The average Bonchev–Trinajstić information content (AvgIpc) is 3.31. The third kappa shape index (κ3) is 3.75. The number of hydrogen-bond donors (Lipinski definition) is 1. The average molecular weight is 391 g/mol. The van der Waals surface area contributed by atoms with Gasteiger partial charge in [0.2, 0.25) is 17.7 Å². The molecule has 0 aromatic heterocycles. The number of carbonyl (C=O) groups excluding carboxylic acids is 3. The van der Waals surface area contributed by atoms with Crippen LogP contribution in [0.2, 0.25) is 0 Å². The largest absolute Gasteiger partial charge is 0.326 e. The van der Waals surface area contributed by atoms with Gasteiger partial charge in [0, 0.05) is 43.5 Å². The number of amides is 3. The van der Waals surface area contributed by atoms with Crippen LogP contribution in [-0.2, 0) is 27.2 Å². The fraction of sp³-hybridized carbons (Fsp3) is 0.348. The van der Waals surface area contributed by atoms with E-state index in [1.165, 1.54) is 0 Å². The first-order valence-electron chi connectivity index (χ1n) is 10.1. The molecule has 1 N–H and O–H groups in total. The number of carbonyl (C=O) groups is 3. The molecule has 6 heteroatoms. The monoisotopic (exact) mass is 391 g/mol. The zero-order valence-corrected chi connectivity index (χ0v) is 16.8. The third-order valence-corrected chi connectivity index (χ3v) is 5.75. The summed E-state index contributed by atoms with van der Waals surface area (Å²) in [6.07, 6.45) is 1.89. The molecule has 4 rings (SSSR count). The summed E-state index contributed by atoms with van der Waals surface area (Å²) in [6, 6.07) is 13.5. The summed E-state index contributed by atoms with van der Waals surface area (Å²) in [5.41, 5.74) is 4.70. The van der Waals surface area contributed by atoms with Gasteiger partial charge in [-0.15, -0.1) is 0 Å². The normalized spacial score (nSPS) is 18.1. The summed E-state index contributed by atoms with van der Waals surface area (Å²) < 4.78 is 0. The quantitative estimate of drug-likeness (QED) is 0.870. The molecule has 2 aromatic rings. The van der Waals surface area contributed by atoms with E-state index in [4.69, 9.17) is 0 Å². The van der Waals surface area contributed by atoms with E-state index >= 15 is 0 Å². The molecule has 0 saturated carbocycles. The van der Waals surface area contributed by atoms with Gasteiger partial charge in [-0.1, -0.05) is 19.1 Å². The van der Waals surface area contributed by atoms with Gasteiger partial charge in [0.05, 0.1) is 5.92 Å². The Balaban J connectivity index is 1.47. The van der Waals surface area contributed by atoms with Gasteiger partial charge in [0.25, 0.3) is 0 Å². The lowest BCUT2D eigenvalue weighted by Crippen LogP contribution is -2.28. The Kier molecular flexibility index (Phi) is 5.09. The first kappa shape index (κ1) is 19.2. The van der Waals surface area contributed by atoms with E-state index in [1.807, 2.05) is 42.5 Å². The lowest BCUT2D eigenvalue weighted by atomic mass is 10.1. The summed E-state index contributed by atoms with van der Waals surface area (Å²) in [5.74, 6) is -0.528. The van der Waals surface area contributed by atoms with E-state index in [9.17, 15) is 14.4 Å². The Morgan fingerprint density at radius 1 is 1.17 bits per heavy atom. The molecule has 2 aliphatic rings. The lowest BCUT2D eigenvalue weighted by molar-refractivity contribution is -0.122. The number of rotatable bonds is 4. The maximum atomic E-state index is 12.7. The number of anilines is 3. The van der Waals surface area contributed by atoms with Crippen LogP contribution in [0.5, 0.6) is 0 Å². The van der Waals surface area contributed by atoms with Gasteiger partial charge in [0.1, 0.15) is 0 Å². The molecule has 1 atom stereocenters. The predicted octanol–water partition coefficient (Wildman–Crippen LogP) is 3.15. The van der Waals surface area contributed by atoms with Gasteiger partial charge >= 0.3 is 0 Å². The SMILES string of the molecule is CCc1cccc(NC(=O)[C@H]2CC(=O)N(c3ccc4c(c3)CCN4C(C)=O)C2)c1. The highest BCUT2D eigenvalue weighted by Gasteiger charge is 2.36. The molecule has 0 radical (unpaired) electrons. The highest BCUT2D eigenvalue weighted by Crippen LogP contribution is 2.34. The molecule has 2 aliphatic heterocycles. The molecule has 2 heterocycles. The second kappa shape index (κ2) is 7.70. The Bertz CT molecular complexity index is 985. The van der Waals surface area contributed by atoms with Crippen molar-refractivity contribution in [3.05, 3.63) is 53.6 Å². The fourth-order valence-corrected chi connectivity index (χ4v) is 4.13. The van der Waals surface area contributed by atoms with Gasteiger partial charge in [-0.2, -0.15) is 0 Å². The minimum atomic E-state index is -0.380. The maximum Gasteiger partial charge on any atom is 0.229 e. The lowest BCUT2D eigenvalue weighted by Gasteiger charge is -2.19. The van der Waals surface area contributed by atoms with Crippen molar-refractivity contribution in [1.82, 2.24) is 0 Å². The van der Waals surface area contributed by atoms with Crippen molar-refractivity contribution in [2.24, 2.45) is 5.92 Å². The molecule has 6 nitrogen and oxygen atoms in total. The standard InChI is InChI=1S/C23H25N3O3/c1-3-16-5-4-6-19(11-16)24-23(29)18-13-22(28)26(14-18)20-7-8-21-17(12-20)9-10-25(21)15(2)27/h4-8,11-12,18H,3,9-10,13-14H2,1-2H3,(H,24,29)/t18-/m0/s1. The number of nitrogens with zero attached hydrogens (tertiary/aromatic N) is 2. The van der Waals surface area contributed by atoms with Crippen LogP contribution in [0.4, 0.5) is 17.1 Å². The highest BCUT2D eigenvalue weighted by atomic mass is 16.2. The van der Waals surface area contributed by atoms with Crippen LogP contribution in [-0.4, -0.2) is 30.8 Å². The zero-order valence-electron chi connectivity index (χ0n) is 16.8. The molecule has 0 aliphatic carbocycles. The van der Waals surface area contributed by atoms with Gasteiger partial charge in [0.15, 0.2) is 0 Å². The predicted molar refractivity (Wildman–Crippen MR) is 113 cm³/mol. The first-order chi connectivity index (χ1) is 14.0. The summed E-state index contributed by atoms with van der Waals surface area (Å²) in [5, 5.41) is 2.95. The van der Waals surface area contributed by atoms with Gasteiger partial charge in [-0.3, -0.25) is 14.4 Å². The summed E-state index contributed by atoms with van der Waals surface area (Å²) in [6.45, 7) is 4.67. The second-order valence-corrected chi connectivity index (χ2v) is 7.68. The van der Waals surface area contributed by atoms with E-state index in [2.05, 4.69) is 12.2 Å². The zero-order chi connectivity index (χ0) is 20.5. The third-order valence-electron chi connectivity index (χ3n) is 5.75. The van der Waals surface area contributed by atoms with Gasteiger partial charge < -0.3 is 15.1 Å². The minimum absolute atomic E-state index is 0.0256. The van der Waals surface area contributed by atoms with Crippen molar-refractivity contribution >= 4 is 34.8 Å². The van der Waals surface area contributed by atoms with Crippen LogP contribution in [0.15, 0.2) is 42.5 Å². The Labute approximate surface area is 170 Å². The van der Waals surface area contributed by atoms with Crippen LogP contribution < -0.4 is 15.1 Å². The summed E-state index contributed by atoms with van der Waals surface area (Å²) >= 11 is 0. The Hall–Kier alpha value is -3.15. The van der Waals surface area contributed by atoms with Crippen molar-refractivity contribution in [3.63, 3.8) is 0 Å². The molecule has 0 unspecified atom stereocenters. The van der Waals surface area contributed by atoms with E-state index < -0.39 is 0 Å². The Morgan fingerprint density at radius 2 is 2.00 bits per heavy atom. The van der Waals surface area contributed by atoms with Crippen LogP contribution in [0.1, 0.15) is 31.4 Å². The van der Waals surface area contributed by atoms with Crippen molar-refractivity contribution in [1.29, 1.82) is 0 Å². The van der Waals surface area contributed by atoms with E-state index in [0.717, 1.165) is 41.0 Å². The minimum Gasteiger partial charge on any atom is -0.326 e. The molecule has 3 amide bonds. The van der Waals surface area contributed by atoms with Gasteiger partial charge in [-0.25, -0.2) is 0 Å². The maximum absolute atomic E-state index is 12.7. The van der Waals surface area contributed by atoms with Crippen molar-refractivity contribution in [2.45, 2.75) is 33.1 Å². The molecule has 2 aromatic carbocycles. The second-order valence-electron chi connectivity index (χ2n) is 7.68. The fourth-order valence-electron chi connectivity index (χ4n) is 4.13. The molecule has 1 saturated heterocycles. The van der Waals surface area contributed by atoms with E-state index in [1.54, 1.807) is 16.7 Å². The van der Waals surface area contributed by atoms with Crippen LogP contribution in [0, 0.1) is 5.92 Å². The smallest absolute Gasteiger partial charge is 0.229 e. The first-order valence-corrected chi connectivity index (χ1v) is 10.1. The number of hydrogen-bond acceptors (Lipinski definition) is 3. The molecular weight excluding hydrogens is 366 g/mol. The topological polar surface area (TPSA) is 69.7 Å². The number of fused-ring (bicyclic) bond motifs is 1. The molecule has 0 spiro atoms. The van der Waals surface area contributed by atoms with Crippen LogP contribution in [0.3, 0.4) is 0 Å². The van der Waals surface area contributed by atoms with Crippen molar-refractivity contribution in [2.75, 3.05) is 28.2 Å². The number of nitrogens with one attached hydrogen (secondary N) is 1. The van der Waals surface area contributed by atoms with E-state index in [0.29, 0.717) is 13.1 Å². The number of aryl methyl sites for hydroxylation is 1. The Morgan fingerprint density at radius 3 is 2.76 bits per heavy atom. The number of benzene rings is 2. The summed E-state index contributed by atoms with van der Waals surface area (Å²) in [7, 11) is 0. The highest BCUT2D eigenvalue weighted by molar-refractivity contribution is 6.04. The summed E-state index contributed by atoms with van der Waals surface area (Å²) in [4.78, 5) is 40.5. The molecule has 29 heavy (non-hydrogen) atoms. The molecule has 1 fully saturated rings.